The molecule has 4 nitrogen and oxygen atoms in total. The van der Waals surface area contributed by atoms with Crippen LogP contribution in [0.2, 0.25) is 0 Å². The number of carbonyl (C=O) groups is 1. The van der Waals surface area contributed by atoms with E-state index in [0.29, 0.717) is 5.69 Å². The van der Waals surface area contributed by atoms with Gasteiger partial charge in [0.2, 0.25) is 5.91 Å². The largest absolute Gasteiger partial charge is 0.373 e. The Kier molecular flexibility index (Phi) is 4.79. The Hall–Kier alpha value is -2.09. The van der Waals surface area contributed by atoms with Crippen LogP contribution in [0.4, 0.5) is 10.1 Å². The first-order valence-electron chi connectivity index (χ1n) is 7.30. The molecule has 2 rings (SSSR count). The summed E-state index contributed by atoms with van der Waals surface area (Å²) in [6, 6.07) is 5.96. The number of likely N-dealkylation sites (tertiary alicyclic amines) is 1. The van der Waals surface area contributed by atoms with Gasteiger partial charge in [-0.1, -0.05) is 6.07 Å². The lowest BCUT2D eigenvalue weighted by Gasteiger charge is -2.35. The molecule has 0 saturated carbocycles. The lowest BCUT2D eigenvalue weighted by molar-refractivity contribution is -0.134. The molecule has 0 radical (unpaired) electrons. The van der Waals surface area contributed by atoms with Crippen molar-refractivity contribution >= 4 is 11.6 Å². The van der Waals surface area contributed by atoms with Gasteiger partial charge in [0, 0.05) is 12.6 Å². The van der Waals surface area contributed by atoms with Gasteiger partial charge in [0.15, 0.2) is 0 Å². The average Bonchev–Trinajstić information content (AvgIpc) is 2.47. The van der Waals surface area contributed by atoms with Gasteiger partial charge in [-0.05, 0) is 45.2 Å². The maximum atomic E-state index is 13.6. The van der Waals surface area contributed by atoms with Crippen LogP contribution in [0.3, 0.4) is 0 Å². The Morgan fingerprint density at radius 2 is 2.29 bits per heavy atom. The van der Waals surface area contributed by atoms with Crippen LogP contribution in [-0.2, 0) is 4.79 Å². The van der Waals surface area contributed by atoms with Crippen LogP contribution in [0, 0.1) is 17.1 Å². The molecule has 1 heterocycles. The molecule has 0 aliphatic carbocycles. The minimum absolute atomic E-state index is 0.00430. The van der Waals surface area contributed by atoms with Crippen molar-refractivity contribution in [1.82, 2.24) is 4.90 Å². The van der Waals surface area contributed by atoms with Crippen LogP contribution in [0.25, 0.3) is 0 Å². The summed E-state index contributed by atoms with van der Waals surface area (Å²) < 4.78 is 13.6. The maximum Gasteiger partial charge on any atom is 0.245 e. The molecule has 1 aliphatic heterocycles. The van der Waals surface area contributed by atoms with E-state index in [0.717, 1.165) is 25.8 Å². The fourth-order valence-corrected chi connectivity index (χ4v) is 2.73. The van der Waals surface area contributed by atoms with Crippen molar-refractivity contribution in [2.75, 3.05) is 11.9 Å². The zero-order valence-corrected chi connectivity index (χ0v) is 12.4. The smallest absolute Gasteiger partial charge is 0.245 e. The highest BCUT2D eigenvalue weighted by Gasteiger charge is 2.27. The van der Waals surface area contributed by atoms with Gasteiger partial charge in [-0.3, -0.25) is 4.79 Å². The number of benzene rings is 1. The summed E-state index contributed by atoms with van der Waals surface area (Å²) in [5.74, 6) is -0.580. The van der Waals surface area contributed by atoms with Crippen molar-refractivity contribution in [2.24, 2.45) is 0 Å². The molecule has 0 aromatic heterocycles. The fraction of sp³-hybridized carbons (Fsp3) is 0.500. The molecule has 1 fully saturated rings. The third kappa shape index (κ3) is 3.33. The summed E-state index contributed by atoms with van der Waals surface area (Å²) in [6.07, 6.45) is 3.18. The molecule has 1 saturated heterocycles. The number of amides is 1. The fourth-order valence-electron chi connectivity index (χ4n) is 2.73. The molecule has 1 aliphatic rings. The second-order valence-electron chi connectivity index (χ2n) is 5.52. The Balaban J connectivity index is 2.11. The predicted octanol–water partition coefficient (Wildman–Crippen LogP) is 2.90. The molecule has 0 bridgehead atoms. The van der Waals surface area contributed by atoms with Crippen molar-refractivity contribution in [3.8, 4) is 6.07 Å². The first kappa shape index (κ1) is 15.3. The third-order valence-electron chi connectivity index (χ3n) is 3.95. The number of anilines is 1. The molecule has 5 heteroatoms. The van der Waals surface area contributed by atoms with Crippen LogP contribution in [0.15, 0.2) is 18.2 Å². The van der Waals surface area contributed by atoms with E-state index in [9.17, 15) is 9.18 Å². The highest BCUT2D eigenvalue weighted by molar-refractivity contribution is 5.85. The number of nitriles is 1. The predicted molar refractivity (Wildman–Crippen MR) is 79.2 cm³/mol. The van der Waals surface area contributed by atoms with E-state index >= 15 is 0 Å². The Morgan fingerprint density at radius 1 is 1.52 bits per heavy atom. The zero-order valence-electron chi connectivity index (χ0n) is 12.4. The van der Waals surface area contributed by atoms with Gasteiger partial charge in [0.05, 0.1) is 5.69 Å². The number of rotatable bonds is 3. The Labute approximate surface area is 124 Å². The summed E-state index contributed by atoms with van der Waals surface area (Å²) in [6.45, 7) is 4.56. The summed E-state index contributed by atoms with van der Waals surface area (Å²) >= 11 is 0. The zero-order chi connectivity index (χ0) is 15.4. The lowest BCUT2D eigenvalue weighted by Crippen LogP contribution is -2.48. The van der Waals surface area contributed by atoms with Gasteiger partial charge in [-0.15, -0.1) is 0 Å². The summed E-state index contributed by atoms with van der Waals surface area (Å²) in [4.78, 5) is 14.4. The van der Waals surface area contributed by atoms with Crippen molar-refractivity contribution in [2.45, 2.75) is 45.2 Å². The molecule has 21 heavy (non-hydrogen) atoms. The highest BCUT2D eigenvalue weighted by atomic mass is 19.1. The number of nitrogens with one attached hydrogen (secondary N) is 1. The topological polar surface area (TPSA) is 56.1 Å². The minimum Gasteiger partial charge on any atom is -0.373 e. The molecule has 112 valence electrons. The first-order chi connectivity index (χ1) is 10.0. The van der Waals surface area contributed by atoms with Crippen molar-refractivity contribution in [3.63, 3.8) is 0 Å². The molecule has 1 aromatic carbocycles. The van der Waals surface area contributed by atoms with E-state index in [-0.39, 0.29) is 17.5 Å². The van der Waals surface area contributed by atoms with E-state index in [1.54, 1.807) is 13.0 Å². The standard InChI is InChI=1S/C16H20FN3O/c1-11-6-3-4-9-20(11)16(21)12(2)19-15-8-5-7-14(17)13(15)10-18/h5,7-8,11-12,19H,3-4,6,9H2,1-2H3. The number of piperidine rings is 1. The molecule has 2 atom stereocenters. The molecule has 1 N–H and O–H groups in total. The molecule has 1 aromatic rings. The van der Waals surface area contributed by atoms with Gasteiger partial charge in [0.25, 0.3) is 0 Å². The summed E-state index contributed by atoms with van der Waals surface area (Å²) in [5, 5.41) is 12.0. The van der Waals surface area contributed by atoms with Crippen LogP contribution in [0.1, 0.15) is 38.7 Å². The maximum absolute atomic E-state index is 13.6. The number of carbonyl (C=O) groups excluding carboxylic acids is 1. The number of halogens is 1. The van der Waals surface area contributed by atoms with Crippen LogP contribution < -0.4 is 5.32 Å². The van der Waals surface area contributed by atoms with E-state index in [2.05, 4.69) is 5.32 Å². The van der Waals surface area contributed by atoms with Gasteiger partial charge >= 0.3 is 0 Å². The molecule has 0 spiro atoms. The van der Waals surface area contributed by atoms with Gasteiger partial charge in [0.1, 0.15) is 23.5 Å². The van der Waals surface area contributed by atoms with E-state index in [1.807, 2.05) is 17.9 Å². The van der Waals surface area contributed by atoms with E-state index in [1.165, 1.54) is 12.1 Å². The Bertz CT molecular complexity index is 567. The minimum atomic E-state index is -0.575. The van der Waals surface area contributed by atoms with Crippen LogP contribution in [-0.4, -0.2) is 29.4 Å². The molecular formula is C16H20FN3O. The van der Waals surface area contributed by atoms with E-state index in [4.69, 9.17) is 5.26 Å². The molecule has 1 amide bonds. The monoisotopic (exact) mass is 289 g/mol. The van der Waals surface area contributed by atoms with Gasteiger partial charge < -0.3 is 10.2 Å². The average molecular weight is 289 g/mol. The lowest BCUT2D eigenvalue weighted by atomic mass is 10.0. The normalized spacial score (nSPS) is 19.7. The van der Waals surface area contributed by atoms with Crippen LogP contribution in [0.5, 0.6) is 0 Å². The second-order valence-corrected chi connectivity index (χ2v) is 5.52. The number of nitrogens with zero attached hydrogens (tertiary/aromatic N) is 2. The second kappa shape index (κ2) is 6.57. The van der Waals surface area contributed by atoms with E-state index < -0.39 is 11.9 Å². The van der Waals surface area contributed by atoms with Crippen LogP contribution >= 0.6 is 0 Å². The van der Waals surface area contributed by atoms with Gasteiger partial charge in [-0.25, -0.2) is 4.39 Å². The third-order valence-corrected chi connectivity index (χ3v) is 3.95. The highest BCUT2D eigenvalue weighted by Crippen LogP contribution is 2.21. The quantitative estimate of drug-likeness (QED) is 0.931. The van der Waals surface area contributed by atoms with Crippen molar-refractivity contribution in [1.29, 1.82) is 5.26 Å². The molecule has 2 unspecified atom stereocenters. The van der Waals surface area contributed by atoms with Crippen molar-refractivity contribution < 1.29 is 9.18 Å². The SMILES string of the molecule is CC(Nc1cccc(F)c1C#N)C(=O)N1CCCCC1C. The Morgan fingerprint density at radius 3 is 2.95 bits per heavy atom. The number of hydrogen-bond acceptors (Lipinski definition) is 3. The molecular weight excluding hydrogens is 269 g/mol. The number of hydrogen-bond donors (Lipinski definition) is 1. The van der Waals surface area contributed by atoms with Gasteiger partial charge in [-0.2, -0.15) is 5.26 Å². The summed E-state index contributed by atoms with van der Waals surface area (Å²) in [7, 11) is 0. The van der Waals surface area contributed by atoms with Crippen molar-refractivity contribution in [3.05, 3.63) is 29.6 Å². The first-order valence-corrected chi connectivity index (χ1v) is 7.30. The summed E-state index contributed by atoms with van der Waals surface area (Å²) in [5.41, 5.74) is 0.312.